The van der Waals surface area contributed by atoms with Gasteiger partial charge in [-0.25, -0.2) is 9.59 Å². The maximum absolute atomic E-state index is 11.6. The fourth-order valence-electron chi connectivity index (χ4n) is 5.83. The van der Waals surface area contributed by atoms with Gasteiger partial charge in [0.2, 0.25) is 0 Å². The highest BCUT2D eigenvalue weighted by Crippen LogP contribution is 2.56. The minimum absolute atomic E-state index is 0.0341. The number of aliphatic hydroxyl groups excluding tert-OH is 2. The van der Waals surface area contributed by atoms with Gasteiger partial charge in [0.15, 0.2) is 0 Å². The van der Waals surface area contributed by atoms with Crippen molar-refractivity contribution in [3.8, 4) is 22.6 Å². The van der Waals surface area contributed by atoms with E-state index >= 15 is 0 Å². The van der Waals surface area contributed by atoms with Crippen LogP contribution in [0.25, 0.3) is 11.1 Å². The molecule has 4 aromatic rings. The number of fused-ring (bicyclic) bond motifs is 3. The van der Waals surface area contributed by atoms with Crippen molar-refractivity contribution >= 4 is 11.9 Å². The molecule has 242 valence electrons. The molecule has 0 spiro atoms. The number of allylic oxidation sites excluding steroid dienone is 2. The molecule has 0 saturated carbocycles. The van der Waals surface area contributed by atoms with E-state index in [4.69, 9.17) is 18.9 Å². The number of rotatable bonds is 14. The van der Waals surface area contributed by atoms with Crippen LogP contribution in [0.15, 0.2) is 121 Å². The highest BCUT2D eigenvalue weighted by atomic mass is 16.6. The Balaban J connectivity index is 1.40. The number of ether oxygens (including phenoxy) is 4. The number of carbonyl (C=O) groups excluding carboxylic acids is 2. The lowest BCUT2D eigenvalue weighted by molar-refractivity contribution is -0.142. The topological polar surface area (TPSA) is 112 Å². The Morgan fingerprint density at radius 2 is 0.979 bits per heavy atom. The zero-order chi connectivity index (χ0) is 33.2. The molecule has 47 heavy (non-hydrogen) atoms. The van der Waals surface area contributed by atoms with Gasteiger partial charge in [-0.2, -0.15) is 0 Å². The molecule has 0 saturated heterocycles. The Kier molecular flexibility index (Phi) is 10.9. The SMILES string of the molecule is CC=CC(=O)OCC(O)COc1ccc(C2(c3ccc(OCC(O)COC(=O)C=CC)cc3)c3ccccc3-c3ccccc32)cc1. The first-order valence-corrected chi connectivity index (χ1v) is 15.5. The van der Waals surface area contributed by atoms with Crippen molar-refractivity contribution < 1.29 is 38.7 Å². The average molecular weight is 635 g/mol. The van der Waals surface area contributed by atoms with Crippen LogP contribution < -0.4 is 9.47 Å². The second kappa shape index (κ2) is 15.4. The summed E-state index contributed by atoms with van der Waals surface area (Å²) in [4.78, 5) is 23.1. The summed E-state index contributed by atoms with van der Waals surface area (Å²) in [5.74, 6) is 0.110. The molecule has 8 heteroatoms. The zero-order valence-corrected chi connectivity index (χ0v) is 26.4. The predicted octanol–water partition coefficient (Wildman–Crippen LogP) is 5.77. The highest BCUT2D eigenvalue weighted by Gasteiger charge is 2.45. The van der Waals surface area contributed by atoms with Gasteiger partial charge < -0.3 is 29.2 Å². The van der Waals surface area contributed by atoms with Crippen LogP contribution >= 0.6 is 0 Å². The molecule has 2 unspecified atom stereocenters. The quantitative estimate of drug-likeness (QED) is 0.117. The number of esters is 2. The number of hydrogen-bond acceptors (Lipinski definition) is 8. The van der Waals surface area contributed by atoms with Crippen molar-refractivity contribution in [3.05, 3.63) is 144 Å². The number of hydrogen-bond donors (Lipinski definition) is 2. The first-order chi connectivity index (χ1) is 22.9. The van der Waals surface area contributed by atoms with Crippen LogP contribution in [-0.2, 0) is 24.5 Å². The summed E-state index contributed by atoms with van der Waals surface area (Å²) in [5, 5.41) is 20.5. The van der Waals surface area contributed by atoms with E-state index in [1.807, 2.05) is 72.8 Å². The van der Waals surface area contributed by atoms with Crippen molar-refractivity contribution in [3.63, 3.8) is 0 Å². The molecular weight excluding hydrogens is 596 g/mol. The smallest absolute Gasteiger partial charge is 0.330 e. The van der Waals surface area contributed by atoms with Crippen LogP contribution in [0.4, 0.5) is 0 Å². The molecule has 2 atom stereocenters. The zero-order valence-electron chi connectivity index (χ0n) is 26.4. The van der Waals surface area contributed by atoms with Crippen LogP contribution in [0.3, 0.4) is 0 Å². The van der Waals surface area contributed by atoms with Crippen LogP contribution in [0.2, 0.25) is 0 Å². The summed E-state index contributed by atoms with van der Waals surface area (Å²) in [6.07, 6.45) is 3.79. The minimum Gasteiger partial charge on any atom is -0.491 e. The third-order valence-electron chi connectivity index (χ3n) is 7.85. The van der Waals surface area contributed by atoms with E-state index in [0.717, 1.165) is 33.4 Å². The van der Waals surface area contributed by atoms with E-state index in [9.17, 15) is 19.8 Å². The molecule has 2 N–H and O–H groups in total. The average Bonchev–Trinajstić information content (AvgIpc) is 3.40. The van der Waals surface area contributed by atoms with Crippen LogP contribution in [0, 0.1) is 0 Å². The minimum atomic E-state index is -0.973. The summed E-state index contributed by atoms with van der Waals surface area (Å²) in [7, 11) is 0. The Labute approximate surface area is 274 Å². The van der Waals surface area contributed by atoms with Crippen LogP contribution in [0.1, 0.15) is 36.1 Å². The summed E-state index contributed by atoms with van der Waals surface area (Å²) in [6.45, 7) is 3.03. The molecular formula is C39H38O8. The van der Waals surface area contributed by atoms with Crippen LogP contribution in [-0.4, -0.2) is 60.8 Å². The molecule has 0 radical (unpaired) electrons. The van der Waals surface area contributed by atoms with Gasteiger partial charge in [0.05, 0.1) is 5.41 Å². The Morgan fingerprint density at radius 3 is 1.36 bits per heavy atom. The number of aliphatic hydroxyl groups is 2. The Hall–Kier alpha value is -5.18. The summed E-state index contributed by atoms with van der Waals surface area (Å²) < 4.78 is 21.7. The van der Waals surface area contributed by atoms with Crippen molar-refractivity contribution in [1.29, 1.82) is 0 Å². The fraction of sp³-hybridized carbons (Fsp3) is 0.231. The van der Waals surface area contributed by atoms with E-state index < -0.39 is 29.6 Å². The molecule has 8 nitrogen and oxygen atoms in total. The standard InChI is InChI=1S/C39H38O8/c1-3-9-37(42)46-25-29(40)23-44-31-19-15-27(16-20-31)39(35-13-7-5-11-33(35)34-12-6-8-14-36(34)39)28-17-21-32(22-18-28)45-24-30(41)26-47-38(43)10-4-2/h3-22,29-30,40-41H,23-26H2,1-2H3. The first-order valence-electron chi connectivity index (χ1n) is 15.5. The predicted molar refractivity (Wildman–Crippen MR) is 178 cm³/mol. The molecule has 0 bridgehead atoms. The third-order valence-corrected chi connectivity index (χ3v) is 7.85. The molecule has 0 heterocycles. The van der Waals surface area contributed by atoms with Crippen molar-refractivity contribution in [2.24, 2.45) is 0 Å². The third kappa shape index (κ3) is 7.46. The second-order valence-corrected chi connectivity index (χ2v) is 11.1. The molecule has 1 aliphatic rings. The van der Waals surface area contributed by atoms with Crippen molar-refractivity contribution in [2.45, 2.75) is 31.5 Å². The van der Waals surface area contributed by atoms with Gasteiger partial charge in [0.1, 0.15) is 50.1 Å². The Morgan fingerprint density at radius 1 is 0.596 bits per heavy atom. The summed E-state index contributed by atoms with van der Waals surface area (Å²) >= 11 is 0. The molecule has 4 aromatic carbocycles. The molecule has 0 fully saturated rings. The monoisotopic (exact) mass is 634 g/mol. The molecule has 1 aliphatic carbocycles. The second-order valence-electron chi connectivity index (χ2n) is 11.1. The molecule has 0 amide bonds. The van der Waals surface area contributed by atoms with Gasteiger partial charge >= 0.3 is 11.9 Å². The fourth-order valence-corrected chi connectivity index (χ4v) is 5.83. The normalized spacial score (nSPS) is 14.3. The number of carbonyl (C=O) groups is 2. The largest absolute Gasteiger partial charge is 0.491 e. The van der Waals surface area contributed by atoms with Gasteiger partial charge in [-0.3, -0.25) is 0 Å². The van der Waals surface area contributed by atoms with Crippen molar-refractivity contribution in [1.82, 2.24) is 0 Å². The summed E-state index contributed by atoms with van der Waals surface area (Å²) in [5.41, 5.74) is 5.97. The van der Waals surface area contributed by atoms with Gasteiger partial charge in [-0.05, 0) is 71.5 Å². The van der Waals surface area contributed by atoms with Crippen molar-refractivity contribution in [2.75, 3.05) is 26.4 Å². The first kappa shape index (κ1) is 33.2. The van der Waals surface area contributed by atoms with Gasteiger partial charge in [-0.1, -0.05) is 84.9 Å². The van der Waals surface area contributed by atoms with E-state index in [0.29, 0.717) is 11.5 Å². The van der Waals surface area contributed by atoms with E-state index in [1.165, 1.54) is 12.2 Å². The van der Waals surface area contributed by atoms with E-state index in [1.54, 1.807) is 26.0 Å². The molecule has 0 aliphatic heterocycles. The van der Waals surface area contributed by atoms with Crippen LogP contribution in [0.5, 0.6) is 11.5 Å². The van der Waals surface area contributed by atoms with E-state index in [-0.39, 0.29) is 26.4 Å². The Bertz CT molecular complexity index is 1590. The van der Waals surface area contributed by atoms with E-state index in [2.05, 4.69) is 24.3 Å². The molecule has 5 rings (SSSR count). The lowest BCUT2D eigenvalue weighted by atomic mass is 9.68. The summed E-state index contributed by atoms with van der Waals surface area (Å²) in [6, 6.07) is 32.4. The highest BCUT2D eigenvalue weighted by molar-refractivity contribution is 5.86. The van der Waals surface area contributed by atoms with Gasteiger partial charge in [-0.15, -0.1) is 0 Å². The molecule has 0 aromatic heterocycles. The van der Waals surface area contributed by atoms with Gasteiger partial charge in [0.25, 0.3) is 0 Å². The lowest BCUT2D eigenvalue weighted by Gasteiger charge is -2.34. The maximum atomic E-state index is 11.6. The number of benzene rings is 4. The van der Waals surface area contributed by atoms with Gasteiger partial charge in [0, 0.05) is 12.2 Å². The lowest BCUT2D eigenvalue weighted by Crippen LogP contribution is -2.28. The maximum Gasteiger partial charge on any atom is 0.330 e.